The molecule has 0 bridgehead atoms. The van der Waals surface area contributed by atoms with E-state index in [0.29, 0.717) is 5.92 Å². The van der Waals surface area contributed by atoms with E-state index in [9.17, 15) is 0 Å². The minimum atomic E-state index is 0.678. The predicted molar refractivity (Wildman–Crippen MR) is 65.6 cm³/mol. The molecule has 0 saturated heterocycles. The monoisotopic (exact) mass is 218 g/mol. The predicted octanol–water partition coefficient (Wildman–Crippen LogP) is 3.58. The zero-order valence-electron chi connectivity index (χ0n) is 10.3. The Bertz CT molecular complexity index is 361. The Hall–Kier alpha value is -0.790. The van der Waals surface area contributed by atoms with E-state index in [0.717, 1.165) is 5.92 Å². The van der Waals surface area contributed by atoms with Crippen molar-refractivity contribution in [3.05, 3.63) is 17.2 Å². The Balaban J connectivity index is 1.75. The highest BCUT2D eigenvalue weighted by Gasteiger charge is 2.22. The molecule has 3 rings (SSSR count). The molecule has 1 fully saturated rings. The summed E-state index contributed by atoms with van der Waals surface area (Å²) >= 11 is 0. The van der Waals surface area contributed by atoms with Crippen molar-refractivity contribution in [2.75, 3.05) is 0 Å². The number of hydrogen-bond donors (Lipinski definition) is 1. The van der Waals surface area contributed by atoms with Crippen LogP contribution in [0.25, 0.3) is 0 Å². The lowest BCUT2D eigenvalue weighted by molar-refractivity contribution is 0.532. The fourth-order valence-electron chi connectivity index (χ4n) is 3.38. The summed E-state index contributed by atoms with van der Waals surface area (Å²) in [7, 11) is 0. The molecule has 0 spiro atoms. The number of aromatic nitrogens is 2. The molecule has 1 aromatic heterocycles. The summed E-state index contributed by atoms with van der Waals surface area (Å²) in [5.74, 6) is 2.85. The Morgan fingerprint density at radius 1 is 1.19 bits per heavy atom. The van der Waals surface area contributed by atoms with Gasteiger partial charge in [0.15, 0.2) is 0 Å². The van der Waals surface area contributed by atoms with Crippen LogP contribution in [0, 0.1) is 5.92 Å². The molecule has 2 nitrogen and oxygen atoms in total. The van der Waals surface area contributed by atoms with Crippen molar-refractivity contribution < 1.29 is 0 Å². The molecule has 2 aliphatic carbocycles. The van der Waals surface area contributed by atoms with Crippen molar-refractivity contribution in [2.24, 2.45) is 5.92 Å². The van der Waals surface area contributed by atoms with Crippen molar-refractivity contribution >= 4 is 0 Å². The first-order valence-corrected chi connectivity index (χ1v) is 6.90. The van der Waals surface area contributed by atoms with Gasteiger partial charge in [-0.05, 0) is 25.2 Å². The number of nitrogens with zero attached hydrogens (tertiary/aromatic N) is 1. The van der Waals surface area contributed by atoms with Gasteiger partial charge in [0.05, 0.1) is 5.69 Å². The molecule has 1 heterocycles. The number of nitrogens with one attached hydrogen (secondary N) is 1. The molecule has 2 heteroatoms. The smallest absolute Gasteiger partial charge is 0.106 e. The Morgan fingerprint density at radius 2 is 2.00 bits per heavy atom. The van der Waals surface area contributed by atoms with Gasteiger partial charge in [-0.3, -0.25) is 0 Å². The van der Waals surface area contributed by atoms with Crippen molar-refractivity contribution in [1.29, 1.82) is 0 Å². The van der Waals surface area contributed by atoms with E-state index in [2.05, 4.69) is 11.9 Å². The first kappa shape index (κ1) is 10.4. The van der Waals surface area contributed by atoms with Gasteiger partial charge in [-0.2, -0.15) is 0 Å². The zero-order chi connectivity index (χ0) is 11.0. The van der Waals surface area contributed by atoms with Gasteiger partial charge < -0.3 is 4.98 Å². The van der Waals surface area contributed by atoms with Gasteiger partial charge in [0, 0.05) is 18.0 Å². The van der Waals surface area contributed by atoms with E-state index in [-0.39, 0.29) is 0 Å². The van der Waals surface area contributed by atoms with E-state index in [1.165, 1.54) is 68.6 Å². The van der Waals surface area contributed by atoms with Gasteiger partial charge in [-0.25, -0.2) is 4.98 Å². The van der Waals surface area contributed by atoms with Crippen LogP contribution < -0.4 is 0 Å². The van der Waals surface area contributed by atoms with Crippen LogP contribution in [-0.4, -0.2) is 9.97 Å². The van der Waals surface area contributed by atoms with Crippen LogP contribution >= 0.6 is 0 Å². The minimum Gasteiger partial charge on any atom is -0.346 e. The molecule has 1 unspecified atom stereocenters. The van der Waals surface area contributed by atoms with E-state index in [4.69, 9.17) is 4.98 Å². The lowest BCUT2D eigenvalue weighted by Crippen LogP contribution is -2.05. The van der Waals surface area contributed by atoms with Crippen molar-refractivity contribution in [3.63, 3.8) is 0 Å². The van der Waals surface area contributed by atoms with Crippen molar-refractivity contribution in [2.45, 2.75) is 64.2 Å². The largest absolute Gasteiger partial charge is 0.346 e. The molecular formula is C14H22N2. The standard InChI is InChI=1S/C14H22N2/c1-10-5-4-8-12-14(10)16-13(15-12)9-11-6-2-3-7-11/h10-11H,2-9H2,1H3,(H,15,16). The van der Waals surface area contributed by atoms with Crippen LogP contribution in [-0.2, 0) is 12.8 Å². The number of fused-ring (bicyclic) bond motifs is 1. The third-order valence-corrected chi connectivity index (χ3v) is 4.35. The summed E-state index contributed by atoms with van der Waals surface area (Å²) in [4.78, 5) is 8.42. The van der Waals surface area contributed by atoms with Gasteiger partial charge in [-0.1, -0.05) is 32.6 Å². The van der Waals surface area contributed by atoms with Gasteiger partial charge in [0.2, 0.25) is 0 Å². The van der Waals surface area contributed by atoms with Gasteiger partial charge in [0.25, 0.3) is 0 Å². The van der Waals surface area contributed by atoms with Crippen LogP contribution in [0.15, 0.2) is 0 Å². The molecule has 88 valence electrons. The third-order valence-electron chi connectivity index (χ3n) is 4.35. The summed E-state index contributed by atoms with van der Waals surface area (Å²) < 4.78 is 0. The van der Waals surface area contributed by atoms with Gasteiger partial charge in [-0.15, -0.1) is 0 Å². The molecule has 1 N–H and O–H groups in total. The maximum atomic E-state index is 4.84. The Morgan fingerprint density at radius 3 is 2.75 bits per heavy atom. The number of aromatic amines is 1. The molecule has 1 atom stereocenters. The van der Waals surface area contributed by atoms with Crippen LogP contribution in [0.4, 0.5) is 0 Å². The second-order valence-electron chi connectivity index (χ2n) is 5.70. The normalized spacial score (nSPS) is 25.9. The molecule has 2 aliphatic rings. The summed E-state index contributed by atoms with van der Waals surface area (Å²) in [6.45, 7) is 2.32. The highest BCUT2D eigenvalue weighted by Crippen LogP contribution is 2.31. The summed E-state index contributed by atoms with van der Waals surface area (Å²) in [5.41, 5.74) is 2.81. The average molecular weight is 218 g/mol. The van der Waals surface area contributed by atoms with Crippen LogP contribution in [0.1, 0.15) is 68.6 Å². The van der Waals surface area contributed by atoms with Gasteiger partial charge >= 0.3 is 0 Å². The number of imidazole rings is 1. The number of hydrogen-bond acceptors (Lipinski definition) is 1. The number of H-pyrrole nitrogens is 1. The van der Waals surface area contributed by atoms with Gasteiger partial charge in [0.1, 0.15) is 5.82 Å². The summed E-state index contributed by atoms with van der Waals surface area (Å²) in [6, 6.07) is 0. The minimum absolute atomic E-state index is 0.678. The molecule has 0 amide bonds. The van der Waals surface area contributed by atoms with Crippen molar-refractivity contribution in [1.82, 2.24) is 9.97 Å². The maximum Gasteiger partial charge on any atom is 0.106 e. The number of rotatable bonds is 2. The topological polar surface area (TPSA) is 28.7 Å². The highest BCUT2D eigenvalue weighted by atomic mass is 14.9. The van der Waals surface area contributed by atoms with E-state index < -0.39 is 0 Å². The highest BCUT2D eigenvalue weighted by molar-refractivity contribution is 5.21. The summed E-state index contributed by atoms with van der Waals surface area (Å²) in [6.07, 6.45) is 10.8. The average Bonchev–Trinajstić information content (AvgIpc) is 2.88. The number of aryl methyl sites for hydroxylation is 1. The van der Waals surface area contributed by atoms with E-state index >= 15 is 0 Å². The van der Waals surface area contributed by atoms with Crippen molar-refractivity contribution in [3.8, 4) is 0 Å². The first-order valence-electron chi connectivity index (χ1n) is 6.90. The fraction of sp³-hybridized carbons (Fsp3) is 0.786. The third kappa shape index (κ3) is 1.90. The second kappa shape index (κ2) is 4.23. The van der Waals surface area contributed by atoms with Crippen LogP contribution in [0.3, 0.4) is 0 Å². The molecule has 0 aliphatic heterocycles. The Kier molecular flexibility index (Phi) is 2.74. The van der Waals surface area contributed by atoms with Crippen LogP contribution in [0.5, 0.6) is 0 Å². The molecule has 0 aromatic carbocycles. The first-order chi connectivity index (χ1) is 7.83. The van der Waals surface area contributed by atoms with E-state index in [1.807, 2.05) is 0 Å². The Labute approximate surface area is 97.9 Å². The zero-order valence-corrected chi connectivity index (χ0v) is 10.3. The fourth-order valence-corrected chi connectivity index (χ4v) is 3.38. The summed E-state index contributed by atoms with van der Waals surface area (Å²) in [5, 5.41) is 0. The lowest BCUT2D eigenvalue weighted by Gasteiger charge is -2.15. The second-order valence-corrected chi connectivity index (χ2v) is 5.70. The lowest BCUT2D eigenvalue weighted by atomic mass is 9.92. The maximum absolute atomic E-state index is 4.84. The molecule has 16 heavy (non-hydrogen) atoms. The molecular weight excluding hydrogens is 196 g/mol. The molecule has 1 aromatic rings. The van der Waals surface area contributed by atoms with E-state index in [1.54, 1.807) is 0 Å². The quantitative estimate of drug-likeness (QED) is 0.807. The van der Waals surface area contributed by atoms with Crippen LogP contribution in [0.2, 0.25) is 0 Å². The SMILES string of the molecule is CC1CCCc2[nH]c(CC3CCCC3)nc21. The molecule has 1 saturated carbocycles. The molecule has 0 radical (unpaired) electrons.